The van der Waals surface area contributed by atoms with E-state index in [1.807, 2.05) is 170 Å². The fourth-order valence-corrected chi connectivity index (χ4v) is 18.3. The normalized spacial score (nSPS) is 16.6. The Morgan fingerprint density at radius 2 is 1.10 bits per heavy atom. The molecule has 1 saturated heterocycles. The molecule has 0 spiro atoms. The molecule has 1 aromatic heterocycles. The summed E-state index contributed by atoms with van der Waals surface area (Å²) in [4.78, 5) is 73.3. The number of thiazole rings is 1. The van der Waals surface area contributed by atoms with E-state index in [1.165, 1.54) is 28.0 Å². The quantitative estimate of drug-likeness (QED) is 0.0189. The molecular weight excluding hydrogens is 1140 g/mol. The Labute approximate surface area is 516 Å². The van der Waals surface area contributed by atoms with Gasteiger partial charge in [0, 0.05) is 29.5 Å². The summed E-state index contributed by atoms with van der Waals surface area (Å²) < 4.78 is 12.6. The monoisotopic (exact) mass is 1210 g/mol. The van der Waals surface area contributed by atoms with Crippen LogP contribution >= 0.6 is 30.4 Å². The maximum absolute atomic E-state index is 15.7. The lowest BCUT2D eigenvalue weighted by Gasteiger charge is -2.50. The van der Waals surface area contributed by atoms with Gasteiger partial charge in [0.15, 0.2) is 16.9 Å². The largest absolute Gasteiger partial charge is 0.457 e. The summed E-state index contributed by atoms with van der Waals surface area (Å²) in [5.41, 5.74) is 1.90. The van der Waals surface area contributed by atoms with Crippen LogP contribution in [0.2, 0.25) is 0 Å². The van der Waals surface area contributed by atoms with Crippen molar-refractivity contribution in [1.82, 2.24) is 15.2 Å². The molecule has 2 aliphatic heterocycles. The number of aromatic nitrogens is 1. The molecule has 2 fully saturated rings. The highest BCUT2D eigenvalue weighted by atomic mass is 32.2. The Balaban J connectivity index is 0.931. The third-order valence-electron chi connectivity index (χ3n) is 16.1. The number of nitrogens with one attached hydrogen (secondary N) is 2. The van der Waals surface area contributed by atoms with E-state index in [9.17, 15) is 4.79 Å². The Bertz CT molecular complexity index is 3710. The zero-order valence-corrected chi connectivity index (χ0v) is 50.9. The fraction of sp³-hybridized carbons (Fsp3) is 0.194. The van der Waals surface area contributed by atoms with Crippen LogP contribution in [0.3, 0.4) is 0 Å². The molecule has 2 amide bonds. The molecule has 12 nitrogen and oxygen atoms in total. The van der Waals surface area contributed by atoms with Gasteiger partial charge in [-0.05, 0) is 91.4 Å². The second-order valence-electron chi connectivity index (χ2n) is 22.8. The number of thioether (sulfide) groups is 1. The van der Waals surface area contributed by atoms with Gasteiger partial charge in [0.25, 0.3) is 11.8 Å². The van der Waals surface area contributed by atoms with Gasteiger partial charge in [-0.25, -0.2) is 14.6 Å². The number of esters is 2. The predicted molar refractivity (Wildman–Crippen MR) is 348 cm³/mol. The molecule has 15 heteroatoms. The summed E-state index contributed by atoms with van der Waals surface area (Å²) in [5.74, 6) is -2.20. The van der Waals surface area contributed by atoms with E-state index >= 15 is 14.4 Å². The summed E-state index contributed by atoms with van der Waals surface area (Å²) >= 11 is 2.74. The predicted octanol–water partition coefficient (Wildman–Crippen LogP) is 12.5. The number of hydrogen-bond donors (Lipinski definition) is 2. The summed E-state index contributed by atoms with van der Waals surface area (Å²) in [5, 5.41) is 16.1. The standard InChI is InChI=1S/C72H64N5O7PS2/c1-70(2,3)83-68(81)71(45-28-46-71)84-76-60(59-49-87-69(73-59)75-72(53-33-16-6-17-34-53,54-35-18-7-19-36-54)55-37-20-8-21-38-55)64(78)74-61-65(79)77-62(67(80)82-63(50-29-12-4-13-30-50)51-31-14-5-15-32-51)52(48-86-66(61)77)47-85(56-39-22-9-23-40-56,57-41-24-10-25-42-57)58-43-26-11-27-44-58/h4-27,29-44,49,61,63,66H,28,45-48H2,1-3H3,(H-,73,74,75,78)/p+1/b76-60-/t61?,66-/m0/s1. The van der Waals surface area contributed by atoms with Crippen LogP contribution in [-0.4, -0.2) is 73.9 Å². The minimum atomic E-state index is -2.64. The number of oxime groups is 1. The number of ether oxygens (including phenoxy) is 2. The van der Waals surface area contributed by atoms with Crippen LogP contribution in [-0.2, 0) is 39.0 Å². The van der Waals surface area contributed by atoms with Gasteiger partial charge >= 0.3 is 11.9 Å². The van der Waals surface area contributed by atoms with Crippen molar-refractivity contribution < 1.29 is 33.5 Å². The molecule has 8 aromatic carbocycles. The first kappa shape index (κ1) is 58.4. The molecule has 1 aliphatic carbocycles. The van der Waals surface area contributed by atoms with Gasteiger partial charge in [-0.1, -0.05) is 211 Å². The molecule has 436 valence electrons. The maximum Gasteiger partial charge on any atom is 0.356 e. The number of nitrogens with zero attached hydrogens (tertiary/aromatic N) is 3. The number of rotatable bonds is 20. The van der Waals surface area contributed by atoms with Crippen molar-refractivity contribution in [2.45, 2.75) is 74.3 Å². The van der Waals surface area contributed by atoms with Gasteiger partial charge in [-0.3, -0.25) is 14.5 Å². The molecule has 9 aromatic rings. The fourth-order valence-electron chi connectivity index (χ4n) is 11.7. The molecule has 2 N–H and O–H groups in total. The van der Waals surface area contributed by atoms with Gasteiger partial charge < -0.3 is 24.9 Å². The van der Waals surface area contributed by atoms with Crippen LogP contribution in [0.5, 0.6) is 0 Å². The van der Waals surface area contributed by atoms with Gasteiger partial charge in [0.1, 0.15) is 57.1 Å². The minimum absolute atomic E-state index is 0.143. The highest BCUT2D eigenvalue weighted by molar-refractivity contribution is 8.00. The van der Waals surface area contributed by atoms with E-state index in [4.69, 9.17) is 19.3 Å². The van der Waals surface area contributed by atoms with Gasteiger partial charge in [0.05, 0.1) is 6.16 Å². The van der Waals surface area contributed by atoms with Crippen LogP contribution in [0, 0.1) is 0 Å². The van der Waals surface area contributed by atoms with Crippen LogP contribution in [0.25, 0.3) is 0 Å². The average Bonchev–Trinajstić information content (AvgIpc) is 1.10. The smallest absolute Gasteiger partial charge is 0.356 e. The molecular formula is C72H65N5O7PS2+. The van der Waals surface area contributed by atoms with Crippen molar-refractivity contribution >= 4 is 80.9 Å². The Hall–Kier alpha value is -8.94. The molecule has 0 radical (unpaired) electrons. The number of carbonyl (C=O) groups excluding carboxylic acids is 4. The second-order valence-corrected chi connectivity index (χ2v) is 28.2. The summed E-state index contributed by atoms with van der Waals surface area (Å²) in [6, 6.07) is 79.5. The van der Waals surface area contributed by atoms with Crippen molar-refractivity contribution in [3.8, 4) is 0 Å². The molecule has 1 saturated carbocycles. The molecule has 3 heterocycles. The number of benzene rings is 8. The SMILES string of the molecule is CC(C)(C)OC(=O)C1(O/N=C(\C(=O)NC2C(=O)N3C(C(=O)OC(c4ccccc4)c4ccccc4)=C(C[P+](c4ccccc4)(c4ccccc4)c4ccccc4)CS[C@@H]23)c2csc(NC(c3ccccc3)(c3ccccc3)c3ccccc3)n2)CCC1. The Morgan fingerprint density at radius 1 is 0.655 bits per heavy atom. The number of β-lactam (4-membered cyclic amide) rings is 1. The second kappa shape index (κ2) is 25.2. The summed E-state index contributed by atoms with van der Waals surface area (Å²) in [6.45, 7) is 5.36. The molecule has 2 atom stereocenters. The average molecular weight is 1210 g/mol. The minimum Gasteiger partial charge on any atom is -0.457 e. The third kappa shape index (κ3) is 11.8. The Kier molecular flexibility index (Phi) is 16.9. The van der Waals surface area contributed by atoms with Crippen molar-refractivity contribution in [2.24, 2.45) is 5.16 Å². The first-order valence-electron chi connectivity index (χ1n) is 29.1. The van der Waals surface area contributed by atoms with E-state index in [1.54, 1.807) is 26.2 Å². The van der Waals surface area contributed by atoms with Gasteiger partial charge in [0.2, 0.25) is 5.60 Å². The van der Waals surface area contributed by atoms with Crippen LogP contribution in [0.1, 0.15) is 79.6 Å². The van der Waals surface area contributed by atoms with Crippen molar-refractivity contribution in [3.05, 3.63) is 293 Å². The zero-order valence-electron chi connectivity index (χ0n) is 48.4. The number of amides is 2. The lowest BCUT2D eigenvalue weighted by Crippen LogP contribution is -2.71. The maximum atomic E-state index is 15.7. The first-order valence-corrected chi connectivity index (χ1v) is 33.0. The lowest BCUT2D eigenvalue weighted by atomic mass is 9.77. The highest BCUT2D eigenvalue weighted by Crippen LogP contribution is 2.58. The first-order chi connectivity index (χ1) is 42.4. The number of hydrogen-bond acceptors (Lipinski definition) is 12. The zero-order chi connectivity index (χ0) is 60.0. The highest BCUT2D eigenvalue weighted by Gasteiger charge is 2.58. The van der Waals surface area contributed by atoms with E-state index < -0.39 is 65.3 Å². The topological polar surface area (TPSA) is 149 Å². The van der Waals surface area contributed by atoms with E-state index in [0.717, 1.165) is 49.3 Å². The number of carbonyl (C=O) groups is 4. The van der Waals surface area contributed by atoms with Crippen molar-refractivity contribution in [1.29, 1.82) is 0 Å². The number of anilines is 1. The van der Waals surface area contributed by atoms with E-state index in [2.05, 4.69) is 88.6 Å². The van der Waals surface area contributed by atoms with Crippen LogP contribution < -0.4 is 26.5 Å². The van der Waals surface area contributed by atoms with Crippen LogP contribution in [0.15, 0.2) is 264 Å². The summed E-state index contributed by atoms with van der Waals surface area (Å²) in [6.07, 6.45) is 0.900. The molecule has 3 aliphatic rings. The summed E-state index contributed by atoms with van der Waals surface area (Å²) in [7, 11) is -2.64. The molecule has 0 bridgehead atoms. The molecule has 12 rings (SSSR count). The third-order valence-corrected chi connectivity index (χ3v) is 22.6. The van der Waals surface area contributed by atoms with E-state index in [0.29, 0.717) is 36.3 Å². The van der Waals surface area contributed by atoms with Crippen molar-refractivity contribution in [2.75, 3.05) is 17.2 Å². The number of fused-ring (bicyclic) bond motifs is 1. The van der Waals surface area contributed by atoms with E-state index in [-0.39, 0.29) is 17.1 Å². The van der Waals surface area contributed by atoms with Crippen molar-refractivity contribution in [3.63, 3.8) is 0 Å². The van der Waals surface area contributed by atoms with Gasteiger partial charge in [-0.15, -0.1) is 23.1 Å². The molecule has 1 unspecified atom stereocenters. The Morgan fingerprint density at radius 3 is 1.54 bits per heavy atom. The lowest BCUT2D eigenvalue weighted by molar-refractivity contribution is -0.196. The van der Waals surface area contributed by atoms with Crippen LogP contribution in [0.4, 0.5) is 5.13 Å². The van der Waals surface area contributed by atoms with Gasteiger partial charge in [-0.2, -0.15) is 0 Å². The molecule has 87 heavy (non-hydrogen) atoms.